The van der Waals surface area contributed by atoms with Gasteiger partial charge in [-0.25, -0.2) is 0 Å². The van der Waals surface area contributed by atoms with Crippen molar-refractivity contribution >= 4 is 11.9 Å². The molecule has 2 rings (SSSR count). The molecule has 0 bridgehead atoms. The van der Waals surface area contributed by atoms with Crippen molar-refractivity contribution in [3.05, 3.63) is 71.8 Å². The zero-order valence-electron chi connectivity index (χ0n) is 12.2. The predicted molar refractivity (Wildman–Crippen MR) is 84.3 cm³/mol. The SMILES string of the molecule is O=C(O)C[C@H](CC(=O)NCc1ccccc1)c1ccccc1. The van der Waals surface area contributed by atoms with Crippen LogP contribution in [0.2, 0.25) is 0 Å². The molecule has 2 aromatic rings. The van der Waals surface area contributed by atoms with Crippen molar-refractivity contribution in [2.45, 2.75) is 25.3 Å². The molecule has 0 heterocycles. The van der Waals surface area contributed by atoms with Gasteiger partial charge in [0.15, 0.2) is 0 Å². The van der Waals surface area contributed by atoms with Crippen LogP contribution in [0.15, 0.2) is 60.7 Å². The van der Waals surface area contributed by atoms with E-state index in [1.54, 1.807) is 0 Å². The third kappa shape index (κ3) is 5.05. The molecule has 0 spiro atoms. The van der Waals surface area contributed by atoms with Crippen LogP contribution in [0.5, 0.6) is 0 Å². The number of nitrogens with one attached hydrogen (secondary N) is 1. The maximum atomic E-state index is 12.1. The fraction of sp³-hybridized carbons (Fsp3) is 0.222. The van der Waals surface area contributed by atoms with Crippen molar-refractivity contribution in [3.63, 3.8) is 0 Å². The number of amides is 1. The number of carbonyl (C=O) groups is 2. The van der Waals surface area contributed by atoms with Gasteiger partial charge in [-0.2, -0.15) is 0 Å². The summed E-state index contributed by atoms with van der Waals surface area (Å²) in [6.07, 6.45) is 0.117. The second-order valence-electron chi connectivity index (χ2n) is 5.17. The summed E-state index contributed by atoms with van der Waals surface area (Å²) in [7, 11) is 0. The van der Waals surface area contributed by atoms with Gasteiger partial charge in [-0.3, -0.25) is 9.59 Å². The van der Waals surface area contributed by atoms with Crippen LogP contribution in [0.4, 0.5) is 0 Å². The molecule has 0 aromatic heterocycles. The second kappa shape index (κ2) is 7.98. The molecule has 2 aromatic carbocycles. The third-order valence-corrected chi connectivity index (χ3v) is 3.46. The van der Waals surface area contributed by atoms with Gasteiger partial charge in [-0.1, -0.05) is 60.7 Å². The molecule has 0 fully saturated rings. The standard InChI is InChI=1S/C18H19NO3/c20-17(19-13-14-7-3-1-4-8-14)11-16(12-18(21)22)15-9-5-2-6-10-15/h1-10,16H,11-13H2,(H,19,20)(H,21,22)/t16-/m0/s1. The quantitative estimate of drug-likeness (QED) is 0.825. The maximum Gasteiger partial charge on any atom is 0.303 e. The monoisotopic (exact) mass is 297 g/mol. The van der Waals surface area contributed by atoms with Crippen molar-refractivity contribution < 1.29 is 14.7 Å². The van der Waals surface area contributed by atoms with Crippen molar-refractivity contribution in [3.8, 4) is 0 Å². The van der Waals surface area contributed by atoms with Gasteiger partial charge in [0, 0.05) is 18.9 Å². The molecule has 2 N–H and O–H groups in total. The molecule has 0 unspecified atom stereocenters. The van der Waals surface area contributed by atoms with Gasteiger partial charge < -0.3 is 10.4 Å². The number of hydrogen-bond acceptors (Lipinski definition) is 2. The summed E-state index contributed by atoms with van der Waals surface area (Å²) < 4.78 is 0. The lowest BCUT2D eigenvalue weighted by atomic mass is 9.92. The number of rotatable bonds is 7. The Morgan fingerprint density at radius 1 is 0.909 bits per heavy atom. The normalized spacial score (nSPS) is 11.6. The highest BCUT2D eigenvalue weighted by Gasteiger charge is 2.19. The van der Waals surface area contributed by atoms with Crippen molar-refractivity contribution in [2.75, 3.05) is 0 Å². The summed E-state index contributed by atoms with van der Waals surface area (Å²) in [5, 5.41) is 11.9. The van der Waals surface area contributed by atoms with E-state index in [1.807, 2.05) is 60.7 Å². The van der Waals surface area contributed by atoms with Crippen LogP contribution in [0, 0.1) is 0 Å². The van der Waals surface area contributed by atoms with E-state index in [0.717, 1.165) is 11.1 Å². The van der Waals surface area contributed by atoms with Crippen LogP contribution in [0.25, 0.3) is 0 Å². The van der Waals surface area contributed by atoms with Gasteiger partial charge in [-0.05, 0) is 11.1 Å². The van der Waals surface area contributed by atoms with Gasteiger partial charge in [0.1, 0.15) is 0 Å². The van der Waals surface area contributed by atoms with Crippen LogP contribution < -0.4 is 5.32 Å². The smallest absolute Gasteiger partial charge is 0.303 e. The first-order chi connectivity index (χ1) is 10.6. The van der Waals surface area contributed by atoms with Gasteiger partial charge in [-0.15, -0.1) is 0 Å². The first-order valence-corrected chi connectivity index (χ1v) is 7.22. The fourth-order valence-electron chi connectivity index (χ4n) is 2.34. The lowest BCUT2D eigenvalue weighted by molar-refractivity contribution is -0.137. The topological polar surface area (TPSA) is 66.4 Å². The zero-order valence-corrected chi connectivity index (χ0v) is 12.2. The maximum absolute atomic E-state index is 12.1. The number of carboxylic acid groups (broad SMARTS) is 1. The van der Waals surface area contributed by atoms with Crippen LogP contribution in [-0.2, 0) is 16.1 Å². The summed E-state index contributed by atoms with van der Waals surface area (Å²) in [5.41, 5.74) is 1.89. The lowest BCUT2D eigenvalue weighted by Gasteiger charge is -2.15. The van der Waals surface area contributed by atoms with Gasteiger partial charge >= 0.3 is 5.97 Å². The first-order valence-electron chi connectivity index (χ1n) is 7.22. The minimum Gasteiger partial charge on any atom is -0.481 e. The van der Waals surface area contributed by atoms with Crippen LogP contribution in [0.3, 0.4) is 0 Å². The fourth-order valence-corrected chi connectivity index (χ4v) is 2.34. The van der Waals surface area contributed by atoms with Gasteiger partial charge in [0.25, 0.3) is 0 Å². The van der Waals surface area contributed by atoms with Crippen molar-refractivity contribution in [1.82, 2.24) is 5.32 Å². The van der Waals surface area contributed by atoms with Gasteiger partial charge in [0.05, 0.1) is 6.42 Å². The molecule has 0 saturated heterocycles. The van der Waals surface area contributed by atoms with E-state index in [-0.39, 0.29) is 24.7 Å². The summed E-state index contributed by atoms with van der Waals surface area (Å²) in [4.78, 5) is 23.1. The van der Waals surface area contributed by atoms with Crippen molar-refractivity contribution in [1.29, 1.82) is 0 Å². The second-order valence-corrected chi connectivity index (χ2v) is 5.17. The van der Waals surface area contributed by atoms with E-state index in [4.69, 9.17) is 5.11 Å². The van der Waals surface area contributed by atoms with Crippen LogP contribution in [-0.4, -0.2) is 17.0 Å². The molecule has 114 valence electrons. The molecule has 0 aliphatic rings. The van der Waals surface area contributed by atoms with E-state index < -0.39 is 5.97 Å². The number of carbonyl (C=O) groups excluding carboxylic acids is 1. The van der Waals surface area contributed by atoms with E-state index >= 15 is 0 Å². The highest BCUT2D eigenvalue weighted by molar-refractivity contribution is 5.78. The van der Waals surface area contributed by atoms with Crippen molar-refractivity contribution in [2.24, 2.45) is 0 Å². The van der Waals surface area contributed by atoms with Crippen LogP contribution in [0.1, 0.15) is 29.9 Å². The molecular formula is C18H19NO3. The number of carboxylic acids is 1. The molecule has 1 amide bonds. The van der Waals surface area contributed by atoms with E-state index in [1.165, 1.54) is 0 Å². The summed E-state index contributed by atoms with van der Waals surface area (Å²) >= 11 is 0. The molecule has 0 radical (unpaired) electrons. The van der Waals surface area contributed by atoms with E-state index in [0.29, 0.717) is 6.54 Å². The molecule has 4 heteroatoms. The Morgan fingerprint density at radius 3 is 2.09 bits per heavy atom. The molecular weight excluding hydrogens is 278 g/mol. The summed E-state index contributed by atoms with van der Waals surface area (Å²) in [5.74, 6) is -1.35. The minimum absolute atomic E-state index is 0.0528. The molecule has 1 atom stereocenters. The highest BCUT2D eigenvalue weighted by Crippen LogP contribution is 2.23. The minimum atomic E-state index is -0.898. The first kappa shape index (κ1) is 15.8. The molecule has 0 aliphatic carbocycles. The average Bonchev–Trinajstić information content (AvgIpc) is 2.54. The Bertz CT molecular complexity index is 611. The Hall–Kier alpha value is -2.62. The predicted octanol–water partition coefficient (Wildman–Crippen LogP) is 2.95. The summed E-state index contributed by atoms with van der Waals surface area (Å²) in [6.45, 7) is 0.453. The zero-order chi connectivity index (χ0) is 15.8. The Morgan fingerprint density at radius 2 is 1.50 bits per heavy atom. The average molecular weight is 297 g/mol. The van der Waals surface area contributed by atoms with Gasteiger partial charge in [0.2, 0.25) is 5.91 Å². The number of hydrogen-bond donors (Lipinski definition) is 2. The Kier molecular flexibility index (Phi) is 5.72. The molecule has 0 aliphatic heterocycles. The number of aliphatic carboxylic acids is 1. The Balaban J connectivity index is 1.95. The van der Waals surface area contributed by atoms with Crippen LogP contribution >= 0.6 is 0 Å². The number of benzene rings is 2. The largest absolute Gasteiger partial charge is 0.481 e. The third-order valence-electron chi connectivity index (χ3n) is 3.46. The molecule has 22 heavy (non-hydrogen) atoms. The Labute approximate surface area is 129 Å². The van der Waals surface area contributed by atoms with E-state index in [2.05, 4.69) is 5.32 Å². The molecule has 0 saturated carbocycles. The molecule has 4 nitrogen and oxygen atoms in total. The lowest BCUT2D eigenvalue weighted by Crippen LogP contribution is -2.25. The van der Waals surface area contributed by atoms with E-state index in [9.17, 15) is 9.59 Å². The summed E-state index contributed by atoms with van der Waals surface area (Å²) in [6, 6.07) is 18.9. The highest BCUT2D eigenvalue weighted by atomic mass is 16.4.